The molecule has 1 aliphatic rings. The molecule has 0 saturated heterocycles. The van der Waals surface area contributed by atoms with E-state index >= 15 is 0 Å². The fourth-order valence-electron chi connectivity index (χ4n) is 3.64. The Balaban J connectivity index is 1.92. The predicted molar refractivity (Wildman–Crippen MR) is 94.8 cm³/mol. The monoisotopic (exact) mass is 331 g/mol. The molecule has 0 N–H and O–H groups in total. The maximum atomic E-state index is 12.5. The van der Waals surface area contributed by atoms with Gasteiger partial charge in [0.05, 0.1) is 0 Å². The molecule has 0 bridgehead atoms. The Kier molecular flexibility index (Phi) is 6.83. The van der Waals surface area contributed by atoms with Crippen molar-refractivity contribution in [2.24, 2.45) is 11.8 Å². The van der Waals surface area contributed by atoms with Crippen LogP contribution in [0.25, 0.3) is 0 Å². The summed E-state index contributed by atoms with van der Waals surface area (Å²) in [6.45, 7) is 7.11. The Morgan fingerprint density at radius 1 is 1.08 bits per heavy atom. The zero-order valence-corrected chi connectivity index (χ0v) is 15.1. The van der Waals surface area contributed by atoms with E-state index in [-0.39, 0.29) is 11.9 Å². The molecule has 1 aromatic carbocycles. The molecule has 24 heavy (non-hydrogen) atoms. The van der Waals surface area contributed by atoms with E-state index in [1.807, 2.05) is 43.0 Å². The zero-order chi connectivity index (χ0) is 17.5. The molecule has 1 saturated carbocycles. The van der Waals surface area contributed by atoms with Gasteiger partial charge in [-0.3, -0.25) is 9.59 Å². The Labute approximate surface area is 145 Å². The number of hydrogen-bond donors (Lipinski definition) is 0. The maximum Gasteiger partial charge on any atom is 0.308 e. The molecule has 0 unspecified atom stereocenters. The second kappa shape index (κ2) is 8.86. The predicted octanol–water partition coefficient (Wildman–Crippen LogP) is 3.83. The third-order valence-electron chi connectivity index (χ3n) is 5.01. The van der Waals surface area contributed by atoms with Crippen LogP contribution in [0, 0.1) is 11.8 Å². The molecule has 0 aliphatic heterocycles. The van der Waals surface area contributed by atoms with E-state index in [2.05, 4.69) is 0 Å². The van der Waals surface area contributed by atoms with E-state index in [9.17, 15) is 9.59 Å². The molecular weight excluding hydrogens is 302 g/mol. The molecule has 0 atom stereocenters. The van der Waals surface area contributed by atoms with Crippen LogP contribution in [0.15, 0.2) is 24.3 Å². The number of hydrogen-bond acceptors (Lipinski definition) is 3. The fourth-order valence-corrected chi connectivity index (χ4v) is 3.64. The summed E-state index contributed by atoms with van der Waals surface area (Å²) in [5, 5.41) is 0. The third-order valence-corrected chi connectivity index (χ3v) is 5.01. The standard InChI is InChI=1S/C20H29NO3/c1-4-21(5-2)20(23)17-12-10-16(11-13-17)14-18-8-6-7-9-19(18)24-15(3)22/h6-9,16-17H,4-5,10-14H2,1-3H3/t16-,17+. The van der Waals surface area contributed by atoms with Crippen LogP contribution >= 0.6 is 0 Å². The lowest BCUT2D eigenvalue weighted by atomic mass is 9.78. The van der Waals surface area contributed by atoms with Crippen molar-refractivity contribution in [3.05, 3.63) is 29.8 Å². The molecule has 2 rings (SSSR count). The smallest absolute Gasteiger partial charge is 0.308 e. The van der Waals surface area contributed by atoms with Gasteiger partial charge in [-0.15, -0.1) is 0 Å². The largest absolute Gasteiger partial charge is 0.426 e. The number of benzene rings is 1. The lowest BCUT2D eigenvalue weighted by Gasteiger charge is -2.31. The first kappa shape index (κ1) is 18.5. The molecule has 1 fully saturated rings. The second-order valence-electron chi connectivity index (χ2n) is 6.63. The van der Waals surface area contributed by atoms with Gasteiger partial charge in [0.25, 0.3) is 0 Å². The highest BCUT2D eigenvalue weighted by atomic mass is 16.5. The Morgan fingerprint density at radius 3 is 2.29 bits per heavy atom. The summed E-state index contributed by atoms with van der Waals surface area (Å²) in [5.41, 5.74) is 1.09. The van der Waals surface area contributed by atoms with Crippen molar-refractivity contribution in [2.45, 2.75) is 52.9 Å². The van der Waals surface area contributed by atoms with Gasteiger partial charge in [-0.05, 0) is 63.5 Å². The van der Waals surface area contributed by atoms with Gasteiger partial charge in [-0.25, -0.2) is 0 Å². The number of amides is 1. The minimum absolute atomic E-state index is 0.185. The van der Waals surface area contributed by atoms with Crippen LogP contribution in [0.1, 0.15) is 52.0 Å². The molecular formula is C20H29NO3. The van der Waals surface area contributed by atoms with Gasteiger partial charge < -0.3 is 9.64 Å². The average Bonchev–Trinajstić information content (AvgIpc) is 2.58. The molecule has 1 amide bonds. The van der Waals surface area contributed by atoms with Crippen LogP contribution in [-0.2, 0) is 16.0 Å². The number of ether oxygens (including phenoxy) is 1. The molecule has 1 aromatic rings. The first-order valence-corrected chi connectivity index (χ1v) is 9.10. The number of esters is 1. The van der Waals surface area contributed by atoms with Crippen LogP contribution in [0.2, 0.25) is 0 Å². The van der Waals surface area contributed by atoms with Gasteiger partial charge in [0.2, 0.25) is 5.91 Å². The average molecular weight is 331 g/mol. The van der Waals surface area contributed by atoms with E-state index in [1.165, 1.54) is 6.92 Å². The van der Waals surface area contributed by atoms with Crippen molar-refractivity contribution in [3.63, 3.8) is 0 Å². The van der Waals surface area contributed by atoms with Gasteiger partial charge in [0, 0.05) is 25.9 Å². The number of carbonyl (C=O) groups excluding carboxylic acids is 2. The molecule has 0 radical (unpaired) electrons. The van der Waals surface area contributed by atoms with Crippen LogP contribution in [-0.4, -0.2) is 29.9 Å². The topological polar surface area (TPSA) is 46.6 Å². The zero-order valence-electron chi connectivity index (χ0n) is 15.1. The normalized spacial score (nSPS) is 20.5. The number of nitrogens with zero attached hydrogens (tertiary/aromatic N) is 1. The molecule has 132 valence electrons. The lowest BCUT2D eigenvalue weighted by molar-refractivity contribution is -0.136. The minimum atomic E-state index is -0.282. The van der Waals surface area contributed by atoms with Crippen LogP contribution in [0.4, 0.5) is 0 Å². The summed E-state index contributed by atoms with van der Waals surface area (Å²) >= 11 is 0. The summed E-state index contributed by atoms with van der Waals surface area (Å²) in [6, 6.07) is 7.76. The van der Waals surface area contributed by atoms with Gasteiger partial charge in [0.15, 0.2) is 0 Å². The quantitative estimate of drug-likeness (QED) is 0.588. The van der Waals surface area contributed by atoms with Gasteiger partial charge in [-0.2, -0.15) is 0 Å². The van der Waals surface area contributed by atoms with E-state index in [0.717, 1.165) is 50.8 Å². The number of carbonyl (C=O) groups is 2. The van der Waals surface area contributed by atoms with Crippen molar-refractivity contribution in [2.75, 3.05) is 13.1 Å². The van der Waals surface area contributed by atoms with E-state index < -0.39 is 0 Å². The molecule has 4 nitrogen and oxygen atoms in total. The van der Waals surface area contributed by atoms with Crippen molar-refractivity contribution in [1.29, 1.82) is 0 Å². The summed E-state index contributed by atoms with van der Waals surface area (Å²) in [7, 11) is 0. The maximum absolute atomic E-state index is 12.5. The van der Waals surface area contributed by atoms with E-state index in [0.29, 0.717) is 17.6 Å². The van der Waals surface area contributed by atoms with Crippen molar-refractivity contribution in [1.82, 2.24) is 4.90 Å². The highest BCUT2D eigenvalue weighted by Crippen LogP contribution is 2.34. The van der Waals surface area contributed by atoms with Crippen LogP contribution in [0.5, 0.6) is 5.75 Å². The summed E-state index contributed by atoms with van der Waals surface area (Å²) in [5.74, 6) is 1.45. The van der Waals surface area contributed by atoms with E-state index in [4.69, 9.17) is 4.74 Å². The van der Waals surface area contributed by atoms with E-state index in [1.54, 1.807) is 0 Å². The first-order chi connectivity index (χ1) is 11.5. The van der Waals surface area contributed by atoms with Crippen molar-refractivity contribution >= 4 is 11.9 Å². The fraction of sp³-hybridized carbons (Fsp3) is 0.600. The Bertz CT molecular complexity index is 558. The van der Waals surface area contributed by atoms with Crippen LogP contribution in [0.3, 0.4) is 0 Å². The summed E-state index contributed by atoms with van der Waals surface area (Å²) < 4.78 is 5.31. The molecule has 0 aromatic heterocycles. The SMILES string of the molecule is CCN(CC)C(=O)[C@H]1CC[C@@H](Cc2ccccc2OC(C)=O)CC1. The molecule has 0 heterocycles. The highest BCUT2D eigenvalue weighted by Gasteiger charge is 2.28. The van der Waals surface area contributed by atoms with Crippen LogP contribution < -0.4 is 4.74 Å². The van der Waals surface area contributed by atoms with Crippen molar-refractivity contribution < 1.29 is 14.3 Å². The first-order valence-electron chi connectivity index (χ1n) is 9.10. The van der Waals surface area contributed by atoms with Crippen molar-refractivity contribution in [3.8, 4) is 5.75 Å². The van der Waals surface area contributed by atoms with Gasteiger partial charge in [0.1, 0.15) is 5.75 Å². The number of rotatable bonds is 6. The molecule has 1 aliphatic carbocycles. The number of para-hydroxylation sites is 1. The Morgan fingerprint density at radius 2 is 1.71 bits per heavy atom. The second-order valence-corrected chi connectivity index (χ2v) is 6.63. The van der Waals surface area contributed by atoms with Gasteiger partial charge in [-0.1, -0.05) is 18.2 Å². The summed E-state index contributed by atoms with van der Waals surface area (Å²) in [4.78, 5) is 25.6. The molecule has 4 heteroatoms. The third kappa shape index (κ3) is 4.83. The van der Waals surface area contributed by atoms with Gasteiger partial charge >= 0.3 is 5.97 Å². The Hall–Kier alpha value is -1.84. The summed E-state index contributed by atoms with van der Waals surface area (Å²) in [6.07, 6.45) is 4.97. The molecule has 0 spiro atoms. The minimum Gasteiger partial charge on any atom is -0.426 e. The highest BCUT2D eigenvalue weighted by molar-refractivity contribution is 5.78. The lowest BCUT2D eigenvalue weighted by Crippen LogP contribution is -2.37.